The minimum Gasteiger partial charge on any atom is -0.254 e. The Labute approximate surface area is 135 Å². The van der Waals surface area contributed by atoms with Crippen molar-refractivity contribution >= 4 is 7.54 Å². The van der Waals surface area contributed by atoms with E-state index in [4.69, 9.17) is 0 Å². The van der Waals surface area contributed by atoms with E-state index in [2.05, 4.69) is 0 Å². The molecule has 0 radical (unpaired) electrons. The third-order valence-corrected chi connectivity index (χ3v) is 2.67. The lowest BCUT2D eigenvalue weighted by Crippen LogP contribution is -2.10. The molecular formula is C12BF13. The van der Waals surface area contributed by atoms with Gasteiger partial charge in [-0.3, -0.25) is 12.9 Å². The topological polar surface area (TPSA) is 0 Å². The van der Waals surface area contributed by atoms with Gasteiger partial charge >= 0.3 is 7.54 Å². The summed E-state index contributed by atoms with van der Waals surface area (Å²) in [4.78, 5) is 0. The first-order chi connectivity index (χ1) is 11.8. The van der Waals surface area contributed by atoms with Gasteiger partial charge in [-0.05, 0) is 0 Å². The predicted molar refractivity (Wildman–Crippen MR) is 60.5 cm³/mol. The van der Waals surface area contributed by atoms with Crippen molar-refractivity contribution in [1.29, 1.82) is 0 Å². The smallest absolute Gasteiger partial charge is 0.254 e. The first-order valence-corrected chi connectivity index (χ1v) is 5.79. The Balaban J connectivity index is 0.000000765. The van der Waals surface area contributed by atoms with Gasteiger partial charge in [0.2, 0.25) is 11.6 Å². The molecule has 0 bridgehead atoms. The highest BCUT2D eigenvalue weighted by Crippen LogP contribution is 2.37. The third-order valence-electron chi connectivity index (χ3n) is 2.67. The van der Waals surface area contributed by atoms with Crippen LogP contribution in [0.5, 0.6) is 0 Å². The van der Waals surface area contributed by atoms with E-state index < -0.39 is 76.8 Å². The zero-order chi connectivity index (χ0) is 20.5. The Morgan fingerprint density at radius 3 is 0.577 bits per heavy atom. The minimum atomic E-state index is -3.67. The Bertz CT molecular complexity index is 720. The monoisotopic (exact) mass is 402 g/mol. The molecule has 0 aromatic heterocycles. The lowest BCUT2D eigenvalue weighted by atomic mass is 10.0. The Hall–Kier alpha value is -2.41. The van der Waals surface area contributed by atoms with Crippen LogP contribution in [-0.2, 0) is 0 Å². The predicted octanol–water partition coefficient (Wildman–Crippen LogP) is 5.62. The van der Waals surface area contributed by atoms with Crippen LogP contribution in [0.3, 0.4) is 0 Å². The second-order valence-electron chi connectivity index (χ2n) is 4.14. The van der Waals surface area contributed by atoms with Gasteiger partial charge in [0.1, 0.15) is 0 Å². The van der Waals surface area contributed by atoms with Gasteiger partial charge in [0.15, 0.2) is 46.5 Å². The minimum absolute atomic E-state index is 2.26. The molecule has 26 heavy (non-hydrogen) atoms. The molecule has 0 saturated carbocycles. The molecule has 0 nitrogen and oxygen atoms in total. The van der Waals surface area contributed by atoms with Gasteiger partial charge in [0, 0.05) is 0 Å². The van der Waals surface area contributed by atoms with Crippen molar-refractivity contribution in [1.82, 2.24) is 0 Å². The van der Waals surface area contributed by atoms with E-state index in [1.54, 1.807) is 0 Å². The first-order valence-electron chi connectivity index (χ1n) is 5.79. The van der Waals surface area contributed by atoms with E-state index >= 15 is 0 Å². The number of halogens is 13. The number of rotatable bonds is 1. The van der Waals surface area contributed by atoms with Gasteiger partial charge in [0.05, 0.1) is 11.1 Å². The Morgan fingerprint density at radius 2 is 0.423 bits per heavy atom. The summed E-state index contributed by atoms with van der Waals surface area (Å²) in [6.45, 7) is 0. The Kier molecular flexibility index (Phi) is 6.55. The highest BCUT2D eigenvalue weighted by atomic mass is 19.4. The van der Waals surface area contributed by atoms with Crippen molar-refractivity contribution in [2.24, 2.45) is 0 Å². The van der Waals surface area contributed by atoms with Crippen molar-refractivity contribution in [2.45, 2.75) is 0 Å². The summed E-state index contributed by atoms with van der Waals surface area (Å²) in [5, 5.41) is 0. The van der Waals surface area contributed by atoms with Crippen LogP contribution in [0.25, 0.3) is 11.1 Å². The second-order valence-corrected chi connectivity index (χ2v) is 4.14. The summed E-state index contributed by atoms with van der Waals surface area (Å²) in [7, 11) is -3.67. The molecule has 0 aliphatic carbocycles. The molecule has 2 aromatic carbocycles. The van der Waals surface area contributed by atoms with Gasteiger partial charge in [-0.15, -0.1) is 0 Å². The molecule has 142 valence electrons. The van der Waals surface area contributed by atoms with E-state index in [9.17, 15) is 56.9 Å². The average Bonchev–Trinajstić information content (AvgIpc) is 2.57. The quantitative estimate of drug-likeness (QED) is 0.251. The SMILES string of the molecule is FB(F)F.Fc1c(F)c(F)c(-c2c(F)c(F)c(F)c(F)c2F)c(F)c1F. The fourth-order valence-corrected chi connectivity index (χ4v) is 1.65. The average molecular weight is 402 g/mol. The molecule has 2 aromatic rings. The van der Waals surface area contributed by atoms with Gasteiger partial charge in [0.25, 0.3) is 0 Å². The van der Waals surface area contributed by atoms with Crippen LogP contribution in [0.1, 0.15) is 0 Å². The largest absolute Gasteiger partial charge is 0.762 e. The summed E-state index contributed by atoms with van der Waals surface area (Å²) >= 11 is 0. The van der Waals surface area contributed by atoms with E-state index in [-0.39, 0.29) is 0 Å². The maximum atomic E-state index is 13.4. The molecule has 0 spiro atoms. The normalized spacial score (nSPS) is 10.5. The summed E-state index contributed by atoms with van der Waals surface area (Å²) in [5.41, 5.74) is -4.52. The van der Waals surface area contributed by atoms with Gasteiger partial charge in [-0.25, -0.2) is 43.9 Å². The molecule has 0 saturated heterocycles. The summed E-state index contributed by atoms with van der Waals surface area (Å²) in [5.74, 6) is -26.6. The first kappa shape index (κ1) is 21.6. The van der Waals surface area contributed by atoms with Crippen molar-refractivity contribution in [3.8, 4) is 11.1 Å². The zero-order valence-electron chi connectivity index (χ0n) is 11.5. The molecule has 0 unspecified atom stereocenters. The molecule has 0 N–H and O–H groups in total. The fraction of sp³-hybridized carbons (Fsp3) is 0. The molecule has 0 aliphatic rings. The van der Waals surface area contributed by atoms with Crippen molar-refractivity contribution in [2.75, 3.05) is 0 Å². The van der Waals surface area contributed by atoms with Gasteiger partial charge in [-0.1, -0.05) is 0 Å². The van der Waals surface area contributed by atoms with Crippen LogP contribution in [0.15, 0.2) is 0 Å². The summed E-state index contributed by atoms with van der Waals surface area (Å²) < 4.78 is 160. The zero-order valence-corrected chi connectivity index (χ0v) is 11.5. The molecule has 0 aliphatic heterocycles. The van der Waals surface area contributed by atoms with Crippen molar-refractivity contribution < 1.29 is 56.9 Å². The van der Waals surface area contributed by atoms with Crippen molar-refractivity contribution in [3.63, 3.8) is 0 Å². The molecule has 0 atom stereocenters. The lowest BCUT2D eigenvalue weighted by Gasteiger charge is -2.11. The van der Waals surface area contributed by atoms with Crippen LogP contribution in [0.2, 0.25) is 0 Å². The standard InChI is InChI=1S/C12F10.BF3/c13-3-1(4(14)8(18)11(21)7(3)17)2-5(15)9(19)12(22)10(20)6(2)16;2-1(3)4. The molecule has 0 heterocycles. The third kappa shape index (κ3) is 3.72. The Morgan fingerprint density at radius 1 is 0.308 bits per heavy atom. The van der Waals surface area contributed by atoms with E-state index in [0.717, 1.165) is 0 Å². The van der Waals surface area contributed by atoms with Crippen molar-refractivity contribution in [3.05, 3.63) is 58.2 Å². The molecule has 2 rings (SSSR count). The number of benzene rings is 2. The molecular weight excluding hydrogens is 402 g/mol. The fourth-order valence-electron chi connectivity index (χ4n) is 1.65. The molecule has 0 amide bonds. The summed E-state index contributed by atoms with van der Waals surface area (Å²) in [6, 6.07) is 0. The van der Waals surface area contributed by atoms with Crippen LogP contribution in [0.4, 0.5) is 56.9 Å². The number of hydrogen-bond acceptors (Lipinski definition) is 0. The van der Waals surface area contributed by atoms with Crippen LogP contribution in [0, 0.1) is 58.2 Å². The van der Waals surface area contributed by atoms with E-state index in [0.29, 0.717) is 0 Å². The van der Waals surface area contributed by atoms with Crippen LogP contribution >= 0.6 is 0 Å². The van der Waals surface area contributed by atoms with Crippen LogP contribution < -0.4 is 0 Å². The highest BCUT2D eigenvalue weighted by Gasteiger charge is 2.34. The molecule has 0 fully saturated rings. The number of hydrogen-bond donors (Lipinski definition) is 0. The second kappa shape index (κ2) is 7.87. The van der Waals surface area contributed by atoms with E-state index in [1.165, 1.54) is 0 Å². The van der Waals surface area contributed by atoms with E-state index in [1.807, 2.05) is 0 Å². The maximum Gasteiger partial charge on any atom is 0.762 e. The van der Waals surface area contributed by atoms with Crippen LogP contribution in [-0.4, -0.2) is 7.54 Å². The molecule has 14 heteroatoms. The summed E-state index contributed by atoms with van der Waals surface area (Å²) in [6.07, 6.45) is 0. The van der Waals surface area contributed by atoms with Gasteiger partial charge in [-0.2, -0.15) is 0 Å². The highest BCUT2D eigenvalue weighted by molar-refractivity contribution is 6.33. The lowest BCUT2D eigenvalue weighted by molar-refractivity contribution is 0.370. The van der Waals surface area contributed by atoms with Gasteiger partial charge < -0.3 is 0 Å². The maximum absolute atomic E-state index is 13.4.